The van der Waals surface area contributed by atoms with E-state index >= 15 is 0 Å². The Kier molecular flexibility index (Phi) is 5.63. The zero-order chi connectivity index (χ0) is 15.9. The molecule has 23 heavy (non-hydrogen) atoms. The first-order valence-electron chi connectivity index (χ1n) is 8.52. The van der Waals surface area contributed by atoms with Crippen molar-refractivity contribution in [3.63, 3.8) is 0 Å². The Morgan fingerprint density at radius 1 is 1.48 bits per heavy atom. The summed E-state index contributed by atoms with van der Waals surface area (Å²) in [5.41, 5.74) is 1.46. The molecular weight excluding hydrogens is 292 g/mol. The zero-order valence-electron chi connectivity index (χ0n) is 13.8. The molecule has 3 rings (SSSR count). The molecule has 1 unspecified atom stereocenters. The van der Waals surface area contributed by atoms with E-state index in [-0.39, 0.29) is 0 Å². The number of guanidine groups is 1. The monoisotopic (exact) mass is 318 g/mol. The first-order chi connectivity index (χ1) is 11.3. The van der Waals surface area contributed by atoms with Crippen LogP contribution in [0.2, 0.25) is 0 Å². The number of nitrogens with zero attached hydrogens (tertiary/aromatic N) is 4. The summed E-state index contributed by atoms with van der Waals surface area (Å²) in [7, 11) is 0. The van der Waals surface area contributed by atoms with Crippen LogP contribution >= 0.6 is 0 Å². The predicted octanol–water partition coefficient (Wildman–Crippen LogP) is 0.885. The van der Waals surface area contributed by atoms with Crippen molar-refractivity contribution in [1.82, 2.24) is 25.4 Å². The summed E-state index contributed by atoms with van der Waals surface area (Å²) in [6.45, 7) is 6.21. The standard InChI is InChI=1S/C16H26N6O/c1-2-17-16(18-8-5-13-6-9-23-10-7-13)21-14-3-4-15-19-12-20-22(15)11-14/h6,12,14H,2-5,7-11H2,1H3,(H2,17,18,21). The van der Waals surface area contributed by atoms with E-state index in [0.29, 0.717) is 6.04 Å². The fraction of sp³-hybridized carbons (Fsp3) is 0.688. The third kappa shape index (κ3) is 4.54. The molecule has 1 aromatic heterocycles. The third-order valence-corrected chi connectivity index (χ3v) is 4.25. The number of aryl methyl sites for hydroxylation is 1. The van der Waals surface area contributed by atoms with Crippen molar-refractivity contribution < 1.29 is 4.74 Å². The van der Waals surface area contributed by atoms with Gasteiger partial charge in [-0.05, 0) is 26.2 Å². The molecule has 7 nitrogen and oxygen atoms in total. The lowest BCUT2D eigenvalue weighted by atomic mass is 10.1. The molecule has 3 heterocycles. The number of hydrogen-bond acceptors (Lipinski definition) is 4. The van der Waals surface area contributed by atoms with Crippen LogP contribution < -0.4 is 10.6 Å². The molecule has 126 valence electrons. The van der Waals surface area contributed by atoms with E-state index in [0.717, 1.165) is 70.3 Å². The fourth-order valence-electron chi connectivity index (χ4n) is 2.97. The maximum Gasteiger partial charge on any atom is 0.191 e. The van der Waals surface area contributed by atoms with Crippen LogP contribution in [0.1, 0.15) is 32.0 Å². The van der Waals surface area contributed by atoms with Gasteiger partial charge in [-0.15, -0.1) is 0 Å². The van der Waals surface area contributed by atoms with Gasteiger partial charge in [-0.25, -0.2) is 9.67 Å². The summed E-state index contributed by atoms with van der Waals surface area (Å²) in [4.78, 5) is 8.98. The van der Waals surface area contributed by atoms with E-state index in [1.54, 1.807) is 6.33 Å². The van der Waals surface area contributed by atoms with Gasteiger partial charge in [0, 0.05) is 25.6 Å². The number of rotatable bonds is 5. The lowest BCUT2D eigenvalue weighted by Gasteiger charge is -2.25. The fourth-order valence-corrected chi connectivity index (χ4v) is 2.97. The van der Waals surface area contributed by atoms with E-state index in [4.69, 9.17) is 9.73 Å². The first-order valence-corrected chi connectivity index (χ1v) is 8.52. The van der Waals surface area contributed by atoms with Crippen molar-refractivity contribution >= 4 is 5.96 Å². The molecule has 0 saturated heterocycles. The summed E-state index contributed by atoms with van der Waals surface area (Å²) in [6.07, 6.45) is 7.90. The third-order valence-electron chi connectivity index (χ3n) is 4.25. The van der Waals surface area contributed by atoms with Gasteiger partial charge in [0.25, 0.3) is 0 Å². The van der Waals surface area contributed by atoms with E-state index in [9.17, 15) is 0 Å². The van der Waals surface area contributed by atoms with Crippen molar-refractivity contribution in [1.29, 1.82) is 0 Å². The second kappa shape index (κ2) is 8.10. The summed E-state index contributed by atoms with van der Waals surface area (Å²) in [6, 6.07) is 0.351. The number of nitrogens with one attached hydrogen (secondary N) is 2. The molecule has 2 N–H and O–H groups in total. The van der Waals surface area contributed by atoms with Crippen molar-refractivity contribution in [2.24, 2.45) is 4.99 Å². The van der Waals surface area contributed by atoms with E-state index in [2.05, 4.69) is 33.7 Å². The second-order valence-corrected chi connectivity index (χ2v) is 5.94. The van der Waals surface area contributed by atoms with Crippen LogP contribution in [0.25, 0.3) is 0 Å². The molecule has 1 atom stereocenters. The van der Waals surface area contributed by atoms with E-state index < -0.39 is 0 Å². The molecule has 0 bridgehead atoms. The molecule has 0 aromatic carbocycles. The van der Waals surface area contributed by atoms with Crippen LogP contribution in [0.15, 0.2) is 23.0 Å². The molecule has 2 aliphatic heterocycles. The zero-order valence-corrected chi connectivity index (χ0v) is 13.8. The van der Waals surface area contributed by atoms with Crippen LogP contribution in [-0.4, -0.2) is 53.1 Å². The molecule has 0 fully saturated rings. The summed E-state index contributed by atoms with van der Waals surface area (Å²) < 4.78 is 7.32. The topological polar surface area (TPSA) is 76.4 Å². The van der Waals surface area contributed by atoms with Crippen LogP contribution in [0.5, 0.6) is 0 Å². The Labute approximate surface area is 137 Å². The van der Waals surface area contributed by atoms with Crippen LogP contribution in [0, 0.1) is 0 Å². The average molecular weight is 318 g/mol. The Balaban J connectivity index is 1.51. The minimum Gasteiger partial charge on any atom is -0.377 e. The minimum absolute atomic E-state index is 0.351. The van der Waals surface area contributed by atoms with Crippen LogP contribution in [0.4, 0.5) is 0 Å². The van der Waals surface area contributed by atoms with Crippen molar-refractivity contribution in [3.05, 3.63) is 23.8 Å². The molecular formula is C16H26N6O. The van der Waals surface area contributed by atoms with E-state index in [1.807, 2.05) is 4.68 Å². The van der Waals surface area contributed by atoms with Gasteiger partial charge in [-0.3, -0.25) is 4.99 Å². The number of aliphatic imine (C=N–C) groups is 1. The molecule has 2 aliphatic rings. The summed E-state index contributed by atoms with van der Waals surface area (Å²) in [5, 5.41) is 11.1. The Morgan fingerprint density at radius 3 is 3.26 bits per heavy atom. The molecule has 0 aliphatic carbocycles. The van der Waals surface area contributed by atoms with Gasteiger partial charge in [-0.2, -0.15) is 5.10 Å². The van der Waals surface area contributed by atoms with Gasteiger partial charge in [-0.1, -0.05) is 11.6 Å². The highest BCUT2D eigenvalue weighted by molar-refractivity contribution is 5.80. The molecule has 0 amide bonds. The Hall–Kier alpha value is -1.89. The summed E-state index contributed by atoms with van der Waals surface area (Å²) >= 11 is 0. The highest BCUT2D eigenvalue weighted by atomic mass is 16.5. The van der Waals surface area contributed by atoms with Gasteiger partial charge in [0.15, 0.2) is 5.96 Å². The smallest absolute Gasteiger partial charge is 0.191 e. The number of fused-ring (bicyclic) bond motifs is 1. The van der Waals surface area contributed by atoms with Gasteiger partial charge in [0.05, 0.1) is 19.8 Å². The number of hydrogen-bond donors (Lipinski definition) is 2. The number of aromatic nitrogens is 3. The molecule has 0 spiro atoms. The van der Waals surface area contributed by atoms with Crippen molar-refractivity contribution in [3.8, 4) is 0 Å². The lowest BCUT2D eigenvalue weighted by molar-refractivity contribution is 0.153. The van der Waals surface area contributed by atoms with Gasteiger partial charge in [0.1, 0.15) is 12.2 Å². The molecule has 0 saturated carbocycles. The average Bonchev–Trinajstić information content (AvgIpc) is 3.04. The highest BCUT2D eigenvalue weighted by Gasteiger charge is 2.20. The van der Waals surface area contributed by atoms with E-state index in [1.165, 1.54) is 5.57 Å². The molecule has 7 heteroatoms. The van der Waals surface area contributed by atoms with Crippen molar-refractivity contribution in [2.75, 3.05) is 26.3 Å². The Bertz CT molecular complexity index is 565. The van der Waals surface area contributed by atoms with Gasteiger partial charge < -0.3 is 15.4 Å². The van der Waals surface area contributed by atoms with Crippen LogP contribution in [-0.2, 0) is 17.7 Å². The molecule has 0 radical (unpaired) electrons. The minimum atomic E-state index is 0.351. The first kappa shape index (κ1) is 16.0. The predicted molar refractivity (Wildman–Crippen MR) is 89.4 cm³/mol. The maximum absolute atomic E-state index is 5.34. The largest absolute Gasteiger partial charge is 0.377 e. The Morgan fingerprint density at radius 2 is 2.43 bits per heavy atom. The maximum atomic E-state index is 5.34. The molecule has 1 aromatic rings. The number of ether oxygens (including phenoxy) is 1. The van der Waals surface area contributed by atoms with Gasteiger partial charge >= 0.3 is 0 Å². The van der Waals surface area contributed by atoms with Gasteiger partial charge in [0.2, 0.25) is 0 Å². The normalized spacial score (nSPS) is 21.5. The lowest BCUT2D eigenvalue weighted by Crippen LogP contribution is -2.47. The second-order valence-electron chi connectivity index (χ2n) is 5.94. The SMILES string of the molecule is CCNC(=NCCC1=CCOCC1)NC1CCc2ncnn2C1. The van der Waals surface area contributed by atoms with Crippen LogP contribution in [0.3, 0.4) is 0 Å². The van der Waals surface area contributed by atoms with Crippen molar-refractivity contribution in [2.45, 2.75) is 45.2 Å². The summed E-state index contributed by atoms with van der Waals surface area (Å²) in [5.74, 6) is 1.98. The quantitative estimate of drug-likeness (QED) is 0.479. The highest BCUT2D eigenvalue weighted by Crippen LogP contribution is 2.12.